The van der Waals surface area contributed by atoms with Crippen molar-refractivity contribution in [2.24, 2.45) is 5.92 Å². The molecule has 2 aromatic rings. The van der Waals surface area contributed by atoms with E-state index >= 15 is 0 Å². The molecule has 0 N–H and O–H groups in total. The quantitative estimate of drug-likeness (QED) is 0.395. The van der Waals surface area contributed by atoms with Crippen LogP contribution in [0.1, 0.15) is 57.9 Å². The Balaban J connectivity index is 0.00000109. The number of hydrogen-bond acceptors (Lipinski definition) is 0. The van der Waals surface area contributed by atoms with Crippen molar-refractivity contribution in [1.29, 1.82) is 0 Å². The molecule has 0 atom stereocenters. The highest BCUT2D eigenvalue weighted by molar-refractivity contribution is 5.65. The summed E-state index contributed by atoms with van der Waals surface area (Å²) in [7, 11) is 0. The van der Waals surface area contributed by atoms with Gasteiger partial charge < -0.3 is 0 Å². The third kappa shape index (κ3) is 4.42. The first-order valence-corrected chi connectivity index (χ1v) is 8.90. The van der Waals surface area contributed by atoms with Crippen LogP contribution >= 0.6 is 0 Å². The van der Waals surface area contributed by atoms with Crippen LogP contribution in [0.25, 0.3) is 11.1 Å². The van der Waals surface area contributed by atoms with Crippen LogP contribution in [0.5, 0.6) is 0 Å². The lowest BCUT2D eigenvalue weighted by Crippen LogP contribution is -2.11. The minimum atomic E-state index is -1.54. The number of hydrogen-bond donors (Lipinski definition) is 0. The van der Waals surface area contributed by atoms with Gasteiger partial charge in [0.25, 0.3) is 0 Å². The first-order chi connectivity index (χ1) is 12.0. The van der Waals surface area contributed by atoms with Gasteiger partial charge in [0.15, 0.2) is 17.5 Å². The third-order valence-corrected chi connectivity index (χ3v) is 4.78. The molecule has 0 saturated heterocycles. The molecule has 0 spiro atoms. The van der Waals surface area contributed by atoms with E-state index in [-0.39, 0.29) is 11.1 Å². The lowest BCUT2D eigenvalue weighted by molar-refractivity contribution is 0.347. The van der Waals surface area contributed by atoms with Crippen molar-refractivity contribution in [2.75, 3.05) is 0 Å². The van der Waals surface area contributed by atoms with Gasteiger partial charge in [-0.15, -0.1) is 0 Å². The molecule has 0 radical (unpaired) electrons. The Morgan fingerprint density at radius 3 is 1.84 bits per heavy atom. The van der Waals surface area contributed by atoms with Gasteiger partial charge in [0.05, 0.1) is 0 Å². The van der Waals surface area contributed by atoms with Crippen molar-refractivity contribution >= 4 is 0 Å². The second kappa shape index (κ2) is 8.50. The van der Waals surface area contributed by atoms with E-state index in [1.165, 1.54) is 12.1 Å². The summed E-state index contributed by atoms with van der Waals surface area (Å²) in [4.78, 5) is 0. The highest BCUT2D eigenvalue weighted by Gasteiger charge is 2.21. The van der Waals surface area contributed by atoms with Crippen molar-refractivity contribution in [3.05, 3.63) is 59.2 Å². The van der Waals surface area contributed by atoms with E-state index in [0.29, 0.717) is 11.8 Å². The van der Waals surface area contributed by atoms with Crippen molar-refractivity contribution in [1.82, 2.24) is 0 Å². The van der Waals surface area contributed by atoms with Crippen LogP contribution in [0.15, 0.2) is 30.3 Å². The molecule has 0 nitrogen and oxygen atoms in total. The van der Waals surface area contributed by atoms with Crippen molar-refractivity contribution in [3.63, 3.8) is 0 Å². The molecule has 0 unspecified atom stereocenters. The molecular formula is C21H24F4. The van der Waals surface area contributed by atoms with Gasteiger partial charge in [-0.25, -0.2) is 17.6 Å². The molecule has 4 heteroatoms. The zero-order valence-electron chi connectivity index (χ0n) is 14.9. The van der Waals surface area contributed by atoms with Crippen LogP contribution in [0.2, 0.25) is 0 Å². The fourth-order valence-corrected chi connectivity index (χ4v) is 3.32. The Kier molecular flexibility index (Phi) is 6.63. The molecule has 0 aliphatic heterocycles. The summed E-state index contributed by atoms with van der Waals surface area (Å²) in [5.41, 5.74) is 1.000. The molecule has 0 amide bonds. The van der Waals surface area contributed by atoms with Crippen molar-refractivity contribution in [2.45, 2.75) is 52.4 Å². The van der Waals surface area contributed by atoms with E-state index in [4.69, 9.17) is 0 Å². The Morgan fingerprint density at radius 2 is 1.32 bits per heavy atom. The van der Waals surface area contributed by atoms with Crippen molar-refractivity contribution < 1.29 is 17.6 Å². The Labute approximate surface area is 146 Å². The van der Waals surface area contributed by atoms with Gasteiger partial charge >= 0.3 is 0 Å². The van der Waals surface area contributed by atoms with Crippen LogP contribution in [0.3, 0.4) is 0 Å². The zero-order chi connectivity index (χ0) is 18.6. The number of rotatable bonds is 2. The van der Waals surface area contributed by atoms with Crippen LogP contribution < -0.4 is 0 Å². The van der Waals surface area contributed by atoms with E-state index in [1.54, 1.807) is 6.07 Å². The predicted octanol–water partition coefficient (Wildman–Crippen LogP) is 7.23. The number of benzene rings is 2. The fraction of sp³-hybridized carbons (Fsp3) is 0.429. The molecule has 136 valence electrons. The topological polar surface area (TPSA) is 0 Å². The largest absolute Gasteiger partial charge is 0.206 e. The van der Waals surface area contributed by atoms with E-state index in [9.17, 15) is 17.6 Å². The van der Waals surface area contributed by atoms with Gasteiger partial charge in [0, 0.05) is 5.56 Å². The Bertz CT molecular complexity index is 693. The molecule has 25 heavy (non-hydrogen) atoms. The lowest BCUT2D eigenvalue weighted by atomic mass is 9.79. The SMILES string of the molecule is CC.CC1CCC(c2ccc(-c3cc(F)c(F)c(F)c3)c(F)c2)CC1. The van der Waals surface area contributed by atoms with Crippen molar-refractivity contribution in [3.8, 4) is 11.1 Å². The van der Waals surface area contributed by atoms with Gasteiger partial charge in [-0.1, -0.05) is 45.7 Å². The maximum atomic E-state index is 14.4. The van der Waals surface area contributed by atoms with Crippen LogP contribution in [-0.4, -0.2) is 0 Å². The second-order valence-electron chi connectivity index (χ2n) is 6.45. The molecule has 2 aromatic carbocycles. The molecule has 1 saturated carbocycles. The van der Waals surface area contributed by atoms with Crippen LogP contribution in [0.4, 0.5) is 17.6 Å². The summed E-state index contributed by atoms with van der Waals surface area (Å²) in [5.74, 6) is -3.67. The van der Waals surface area contributed by atoms with E-state index in [0.717, 1.165) is 43.4 Å². The molecule has 1 aliphatic carbocycles. The molecule has 0 aromatic heterocycles. The van der Waals surface area contributed by atoms with Gasteiger partial charge in [-0.05, 0) is 54.0 Å². The first-order valence-electron chi connectivity index (χ1n) is 8.90. The summed E-state index contributed by atoms with van der Waals surface area (Å²) in [5, 5.41) is 0. The zero-order valence-corrected chi connectivity index (χ0v) is 14.9. The summed E-state index contributed by atoms with van der Waals surface area (Å²) < 4.78 is 54.1. The molecule has 3 rings (SSSR count). The van der Waals surface area contributed by atoms with E-state index in [2.05, 4.69) is 6.92 Å². The molecule has 0 heterocycles. The fourth-order valence-electron chi connectivity index (χ4n) is 3.32. The normalized spacial score (nSPS) is 20.0. The highest BCUT2D eigenvalue weighted by atomic mass is 19.2. The molecular weight excluding hydrogens is 328 g/mol. The van der Waals surface area contributed by atoms with E-state index < -0.39 is 23.3 Å². The maximum Gasteiger partial charge on any atom is 0.194 e. The minimum Gasteiger partial charge on any atom is -0.206 e. The number of halogens is 4. The van der Waals surface area contributed by atoms with E-state index in [1.807, 2.05) is 13.8 Å². The molecule has 1 aliphatic rings. The van der Waals surface area contributed by atoms with Gasteiger partial charge in [-0.3, -0.25) is 0 Å². The smallest absolute Gasteiger partial charge is 0.194 e. The van der Waals surface area contributed by atoms with Gasteiger partial charge in [-0.2, -0.15) is 0 Å². The second-order valence-corrected chi connectivity index (χ2v) is 6.45. The lowest BCUT2D eigenvalue weighted by Gasteiger charge is -2.26. The standard InChI is InChI=1S/C19H18F4.C2H6/c1-11-2-4-12(5-3-11)13-6-7-15(16(20)8-13)14-9-17(21)19(23)18(22)10-14;1-2/h6-12H,2-5H2,1H3;1-2H3. The molecule has 1 fully saturated rings. The van der Waals surface area contributed by atoms with Crippen LogP contribution in [-0.2, 0) is 0 Å². The first kappa shape index (κ1) is 19.5. The maximum absolute atomic E-state index is 14.4. The third-order valence-electron chi connectivity index (χ3n) is 4.78. The summed E-state index contributed by atoms with van der Waals surface area (Å²) in [6.45, 7) is 6.22. The Morgan fingerprint density at radius 1 is 0.760 bits per heavy atom. The summed E-state index contributed by atoms with van der Waals surface area (Å²) in [6, 6.07) is 6.40. The average Bonchev–Trinajstić information content (AvgIpc) is 2.61. The minimum absolute atomic E-state index is 0.00252. The summed E-state index contributed by atoms with van der Waals surface area (Å²) >= 11 is 0. The highest BCUT2D eigenvalue weighted by Crippen LogP contribution is 2.37. The Hall–Kier alpha value is -1.84. The van der Waals surface area contributed by atoms with Gasteiger partial charge in [0.2, 0.25) is 0 Å². The predicted molar refractivity (Wildman–Crippen MR) is 93.4 cm³/mol. The van der Waals surface area contributed by atoms with Gasteiger partial charge in [0.1, 0.15) is 5.82 Å². The molecule has 0 bridgehead atoms. The van der Waals surface area contributed by atoms with Crippen LogP contribution in [0, 0.1) is 29.2 Å². The average molecular weight is 352 g/mol. The summed E-state index contributed by atoms with van der Waals surface area (Å²) in [6.07, 6.45) is 4.31. The monoisotopic (exact) mass is 352 g/mol.